The van der Waals surface area contributed by atoms with E-state index in [1.54, 1.807) is 11.0 Å². The van der Waals surface area contributed by atoms with Crippen molar-refractivity contribution in [1.82, 2.24) is 4.90 Å². The van der Waals surface area contributed by atoms with Gasteiger partial charge in [-0.05, 0) is 51.8 Å². The summed E-state index contributed by atoms with van der Waals surface area (Å²) in [6, 6.07) is 7.29. The molecule has 2 rings (SSSR count). The van der Waals surface area contributed by atoms with E-state index in [1.807, 2.05) is 39.0 Å². The maximum absolute atomic E-state index is 12.4. The smallest absolute Gasteiger partial charge is 0.253 e. The van der Waals surface area contributed by atoms with Gasteiger partial charge in [-0.3, -0.25) is 4.79 Å². The molecule has 4 heteroatoms. The van der Waals surface area contributed by atoms with Crippen LogP contribution >= 0.6 is 0 Å². The first-order valence-electron chi connectivity index (χ1n) is 7.16. The van der Waals surface area contributed by atoms with E-state index in [9.17, 15) is 9.90 Å². The molecule has 1 aromatic carbocycles. The van der Waals surface area contributed by atoms with Gasteiger partial charge in [-0.15, -0.1) is 0 Å². The van der Waals surface area contributed by atoms with Crippen LogP contribution in [-0.4, -0.2) is 40.7 Å². The van der Waals surface area contributed by atoms with Gasteiger partial charge in [-0.1, -0.05) is 6.07 Å². The Morgan fingerprint density at radius 1 is 1.35 bits per heavy atom. The van der Waals surface area contributed by atoms with Crippen LogP contribution in [0.1, 0.15) is 44.0 Å². The molecule has 20 heavy (non-hydrogen) atoms. The molecule has 1 N–H and O–H groups in total. The number of nitrogens with zero attached hydrogens (tertiary/aromatic N) is 1. The van der Waals surface area contributed by atoms with Crippen LogP contribution in [0.5, 0.6) is 5.75 Å². The van der Waals surface area contributed by atoms with Gasteiger partial charge in [0.15, 0.2) is 0 Å². The zero-order valence-electron chi connectivity index (χ0n) is 12.4. The van der Waals surface area contributed by atoms with Crippen LogP contribution in [0, 0.1) is 0 Å². The number of ether oxygens (including phenoxy) is 1. The summed E-state index contributed by atoms with van der Waals surface area (Å²) in [5.74, 6) is 0.726. The fourth-order valence-corrected chi connectivity index (χ4v) is 2.35. The highest BCUT2D eigenvalue weighted by atomic mass is 16.5. The van der Waals surface area contributed by atoms with Gasteiger partial charge >= 0.3 is 0 Å². The first kappa shape index (κ1) is 14.9. The lowest BCUT2D eigenvalue weighted by Gasteiger charge is -2.35. The molecular formula is C16H23NO3. The molecule has 1 aromatic rings. The van der Waals surface area contributed by atoms with Gasteiger partial charge in [0.2, 0.25) is 0 Å². The van der Waals surface area contributed by atoms with Crippen LogP contribution in [0.25, 0.3) is 0 Å². The third-order valence-corrected chi connectivity index (χ3v) is 3.58. The minimum Gasteiger partial charge on any atom is -0.491 e. The molecule has 110 valence electrons. The number of piperidine rings is 1. The predicted octanol–water partition coefficient (Wildman–Crippen LogP) is 2.46. The van der Waals surface area contributed by atoms with Crippen molar-refractivity contribution in [2.45, 2.75) is 45.3 Å². The third kappa shape index (κ3) is 3.73. The zero-order chi connectivity index (χ0) is 14.8. The average Bonchev–Trinajstić information content (AvgIpc) is 2.37. The first-order chi connectivity index (χ1) is 9.37. The van der Waals surface area contributed by atoms with Crippen LogP contribution in [0.3, 0.4) is 0 Å². The lowest BCUT2D eigenvalue weighted by Crippen LogP contribution is -2.45. The molecular weight excluding hydrogens is 254 g/mol. The summed E-state index contributed by atoms with van der Waals surface area (Å²) < 4.78 is 5.61. The molecule has 0 radical (unpaired) electrons. The molecule has 1 heterocycles. The van der Waals surface area contributed by atoms with Crippen molar-refractivity contribution in [2.75, 3.05) is 13.1 Å². The van der Waals surface area contributed by atoms with Gasteiger partial charge in [0, 0.05) is 18.7 Å². The Morgan fingerprint density at radius 2 is 2.00 bits per heavy atom. The van der Waals surface area contributed by atoms with Crippen molar-refractivity contribution in [1.29, 1.82) is 0 Å². The fraction of sp³-hybridized carbons (Fsp3) is 0.562. The third-order valence-electron chi connectivity index (χ3n) is 3.58. The second-order valence-electron chi connectivity index (χ2n) is 5.98. The maximum Gasteiger partial charge on any atom is 0.253 e. The Morgan fingerprint density at radius 3 is 2.60 bits per heavy atom. The van der Waals surface area contributed by atoms with Crippen LogP contribution < -0.4 is 4.74 Å². The molecule has 0 aromatic heterocycles. The summed E-state index contributed by atoms with van der Waals surface area (Å²) in [6.07, 6.45) is 1.34. The first-order valence-corrected chi connectivity index (χ1v) is 7.16. The van der Waals surface area contributed by atoms with Crippen molar-refractivity contribution in [3.63, 3.8) is 0 Å². The van der Waals surface area contributed by atoms with Crippen molar-refractivity contribution in [3.05, 3.63) is 29.8 Å². The quantitative estimate of drug-likeness (QED) is 0.923. The van der Waals surface area contributed by atoms with E-state index in [2.05, 4.69) is 0 Å². The Kier molecular flexibility index (Phi) is 4.33. The Hall–Kier alpha value is -1.55. The van der Waals surface area contributed by atoms with E-state index in [1.165, 1.54) is 0 Å². The van der Waals surface area contributed by atoms with Crippen LogP contribution in [0.4, 0.5) is 0 Å². The van der Waals surface area contributed by atoms with E-state index < -0.39 is 5.60 Å². The van der Waals surface area contributed by atoms with Gasteiger partial charge in [-0.2, -0.15) is 0 Å². The lowest BCUT2D eigenvalue weighted by atomic mass is 9.93. The van der Waals surface area contributed by atoms with E-state index in [0.717, 1.165) is 5.75 Å². The number of carbonyl (C=O) groups is 1. The SMILES string of the molecule is CC(C)Oc1cccc(C(=O)N2CCC(C)(O)CC2)c1. The highest BCUT2D eigenvalue weighted by molar-refractivity contribution is 5.94. The largest absolute Gasteiger partial charge is 0.491 e. The topological polar surface area (TPSA) is 49.8 Å². The van der Waals surface area contributed by atoms with E-state index in [-0.39, 0.29) is 12.0 Å². The molecule has 0 atom stereocenters. The van der Waals surface area contributed by atoms with Crippen molar-refractivity contribution in [3.8, 4) is 5.75 Å². The van der Waals surface area contributed by atoms with Crippen LogP contribution in [0.15, 0.2) is 24.3 Å². The Bertz CT molecular complexity index is 472. The standard InChI is InChI=1S/C16H23NO3/c1-12(2)20-14-6-4-5-13(11-14)15(18)17-9-7-16(3,19)8-10-17/h4-6,11-12,19H,7-10H2,1-3H3. The summed E-state index contributed by atoms with van der Waals surface area (Å²) >= 11 is 0. The number of amides is 1. The van der Waals surface area contributed by atoms with Crippen molar-refractivity contribution < 1.29 is 14.6 Å². The van der Waals surface area contributed by atoms with Gasteiger partial charge < -0.3 is 14.7 Å². The van der Waals surface area contributed by atoms with E-state index in [0.29, 0.717) is 31.5 Å². The Balaban J connectivity index is 2.06. The summed E-state index contributed by atoms with van der Waals surface area (Å²) in [7, 11) is 0. The van der Waals surface area contributed by atoms with Crippen molar-refractivity contribution >= 4 is 5.91 Å². The molecule has 0 spiro atoms. The summed E-state index contributed by atoms with van der Waals surface area (Å²) in [4.78, 5) is 14.2. The fourth-order valence-electron chi connectivity index (χ4n) is 2.35. The van der Waals surface area contributed by atoms with Crippen LogP contribution in [0.2, 0.25) is 0 Å². The summed E-state index contributed by atoms with van der Waals surface area (Å²) in [6.45, 7) is 6.94. The number of carbonyl (C=O) groups excluding carboxylic acids is 1. The minimum atomic E-state index is -0.640. The summed E-state index contributed by atoms with van der Waals surface area (Å²) in [5.41, 5.74) is 0.00373. The number of aliphatic hydroxyl groups is 1. The highest BCUT2D eigenvalue weighted by Crippen LogP contribution is 2.23. The normalized spacial score (nSPS) is 18.1. The number of hydrogen-bond donors (Lipinski definition) is 1. The van der Waals surface area contributed by atoms with Gasteiger partial charge in [0.25, 0.3) is 5.91 Å². The molecule has 0 bridgehead atoms. The molecule has 0 aliphatic carbocycles. The number of likely N-dealkylation sites (tertiary alicyclic amines) is 1. The van der Waals surface area contributed by atoms with Gasteiger partial charge in [-0.25, -0.2) is 0 Å². The summed E-state index contributed by atoms with van der Waals surface area (Å²) in [5, 5.41) is 9.93. The molecule has 1 amide bonds. The molecule has 1 saturated heterocycles. The average molecular weight is 277 g/mol. The van der Waals surface area contributed by atoms with Crippen LogP contribution in [-0.2, 0) is 0 Å². The van der Waals surface area contributed by atoms with E-state index >= 15 is 0 Å². The number of benzene rings is 1. The number of hydrogen-bond acceptors (Lipinski definition) is 3. The van der Waals surface area contributed by atoms with Crippen molar-refractivity contribution in [2.24, 2.45) is 0 Å². The molecule has 0 unspecified atom stereocenters. The number of rotatable bonds is 3. The second kappa shape index (κ2) is 5.83. The highest BCUT2D eigenvalue weighted by Gasteiger charge is 2.30. The lowest BCUT2D eigenvalue weighted by molar-refractivity contribution is -0.00204. The molecule has 1 aliphatic heterocycles. The molecule has 0 saturated carbocycles. The minimum absolute atomic E-state index is 0.00899. The predicted molar refractivity (Wildman–Crippen MR) is 78.0 cm³/mol. The maximum atomic E-state index is 12.4. The molecule has 1 fully saturated rings. The van der Waals surface area contributed by atoms with E-state index in [4.69, 9.17) is 4.74 Å². The molecule has 4 nitrogen and oxygen atoms in total. The monoisotopic (exact) mass is 277 g/mol. The second-order valence-corrected chi connectivity index (χ2v) is 5.98. The zero-order valence-corrected chi connectivity index (χ0v) is 12.4. The molecule has 1 aliphatic rings. The van der Waals surface area contributed by atoms with Gasteiger partial charge in [0.05, 0.1) is 11.7 Å². The Labute approximate surface area is 120 Å². The van der Waals surface area contributed by atoms with Gasteiger partial charge in [0.1, 0.15) is 5.75 Å².